The Hall–Kier alpha value is -1.55. The van der Waals surface area contributed by atoms with Gasteiger partial charge < -0.3 is 9.64 Å². The van der Waals surface area contributed by atoms with Crippen molar-refractivity contribution in [1.29, 1.82) is 0 Å². The quantitative estimate of drug-likeness (QED) is 0.790. The Morgan fingerprint density at radius 2 is 1.85 bits per heavy atom. The molecule has 1 atom stereocenters. The minimum atomic E-state index is -0.442. The molecule has 20 heavy (non-hydrogen) atoms. The normalized spacial score (nSPS) is 20.8. The summed E-state index contributed by atoms with van der Waals surface area (Å²) in [4.78, 5) is 16.3. The summed E-state index contributed by atoms with van der Waals surface area (Å²) in [7, 11) is 2.10. The maximum Gasteiger partial charge on any atom is 0.410 e. The van der Waals surface area contributed by atoms with E-state index in [9.17, 15) is 4.79 Å². The summed E-state index contributed by atoms with van der Waals surface area (Å²) in [5.41, 5.74) is 0.797. The van der Waals surface area contributed by atoms with E-state index in [2.05, 4.69) is 24.1 Å². The number of nitrogens with zero attached hydrogens (tertiary/aromatic N) is 2. The number of ether oxygens (including phenoxy) is 1. The van der Waals surface area contributed by atoms with E-state index in [1.807, 2.05) is 43.9 Å². The van der Waals surface area contributed by atoms with E-state index in [0.717, 1.165) is 13.1 Å². The lowest BCUT2D eigenvalue weighted by Gasteiger charge is -2.40. The van der Waals surface area contributed by atoms with Crippen LogP contribution in [0.15, 0.2) is 30.3 Å². The molecule has 2 rings (SSSR count). The Balaban J connectivity index is 2.07. The Morgan fingerprint density at radius 1 is 1.20 bits per heavy atom. The minimum Gasteiger partial charge on any atom is -0.444 e. The molecule has 1 amide bonds. The van der Waals surface area contributed by atoms with Gasteiger partial charge in [-0.05, 0) is 33.4 Å². The largest absolute Gasteiger partial charge is 0.444 e. The van der Waals surface area contributed by atoms with Crippen LogP contribution in [-0.2, 0) is 4.74 Å². The van der Waals surface area contributed by atoms with Gasteiger partial charge >= 0.3 is 6.09 Å². The SMILES string of the molecule is CN1CCN(C(=O)OC(C)(C)C)C[C@@H]1c1ccccc1. The summed E-state index contributed by atoms with van der Waals surface area (Å²) >= 11 is 0. The van der Waals surface area contributed by atoms with Crippen molar-refractivity contribution in [3.63, 3.8) is 0 Å². The molecule has 0 aliphatic carbocycles. The number of benzene rings is 1. The lowest BCUT2D eigenvalue weighted by Crippen LogP contribution is -2.50. The van der Waals surface area contributed by atoms with Crippen molar-refractivity contribution in [2.45, 2.75) is 32.4 Å². The number of hydrogen-bond donors (Lipinski definition) is 0. The van der Waals surface area contributed by atoms with Gasteiger partial charge in [0.25, 0.3) is 0 Å². The standard InChI is InChI=1S/C16H24N2O2/c1-16(2,3)20-15(19)18-11-10-17(4)14(12-18)13-8-6-5-7-9-13/h5-9,14H,10-12H2,1-4H3/t14-/m1/s1. The van der Waals surface area contributed by atoms with Crippen molar-refractivity contribution in [1.82, 2.24) is 9.80 Å². The van der Waals surface area contributed by atoms with Crippen LogP contribution in [0.3, 0.4) is 0 Å². The van der Waals surface area contributed by atoms with Crippen molar-refractivity contribution in [2.24, 2.45) is 0 Å². The molecule has 0 N–H and O–H groups in total. The van der Waals surface area contributed by atoms with Crippen LogP contribution in [0, 0.1) is 0 Å². The van der Waals surface area contributed by atoms with Gasteiger partial charge in [0, 0.05) is 19.6 Å². The highest BCUT2D eigenvalue weighted by molar-refractivity contribution is 5.68. The van der Waals surface area contributed by atoms with Crippen LogP contribution < -0.4 is 0 Å². The topological polar surface area (TPSA) is 32.8 Å². The highest BCUT2D eigenvalue weighted by Gasteiger charge is 2.30. The van der Waals surface area contributed by atoms with Crippen molar-refractivity contribution >= 4 is 6.09 Å². The van der Waals surface area contributed by atoms with E-state index in [1.54, 1.807) is 0 Å². The Morgan fingerprint density at radius 3 is 2.45 bits per heavy atom. The van der Waals surface area contributed by atoms with Gasteiger partial charge in [-0.3, -0.25) is 4.90 Å². The van der Waals surface area contributed by atoms with Gasteiger partial charge in [0.15, 0.2) is 0 Å². The molecule has 1 aliphatic heterocycles. The summed E-state index contributed by atoms with van der Waals surface area (Å²) in [5, 5.41) is 0. The third-order valence-electron chi connectivity index (χ3n) is 3.48. The molecule has 4 nitrogen and oxygen atoms in total. The van der Waals surface area contributed by atoms with Gasteiger partial charge in [0.1, 0.15) is 5.60 Å². The number of piperazine rings is 1. The molecule has 0 aromatic heterocycles. The second kappa shape index (κ2) is 5.83. The fourth-order valence-corrected chi connectivity index (χ4v) is 2.40. The van der Waals surface area contributed by atoms with E-state index >= 15 is 0 Å². The fourth-order valence-electron chi connectivity index (χ4n) is 2.40. The van der Waals surface area contributed by atoms with Crippen molar-refractivity contribution in [3.8, 4) is 0 Å². The van der Waals surface area contributed by atoms with Gasteiger partial charge in [-0.2, -0.15) is 0 Å². The summed E-state index contributed by atoms with van der Waals surface area (Å²) in [6.45, 7) is 7.95. The molecule has 1 saturated heterocycles. The maximum absolute atomic E-state index is 12.2. The molecule has 1 heterocycles. The highest BCUT2D eigenvalue weighted by atomic mass is 16.6. The fraction of sp³-hybridized carbons (Fsp3) is 0.562. The van der Waals surface area contributed by atoms with Gasteiger partial charge in [-0.1, -0.05) is 30.3 Å². The zero-order chi connectivity index (χ0) is 14.8. The van der Waals surface area contributed by atoms with E-state index in [1.165, 1.54) is 5.56 Å². The second-order valence-electron chi connectivity index (χ2n) is 6.33. The number of likely N-dealkylation sites (N-methyl/N-ethyl adjacent to an activating group) is 1. The molecule has 110 valence electrons. The Bertz CT molecular complexity index is 453. The van der Waals surface area contributed by atoms with Gasteiger partial charge in [0.05, 0.1) is 6.04 Å². The lowest BCUT2D eigenvalue weighted by atomic mass is 10.0. The predicted octanol–water partition coefficient (Wildman–Crippen LogP) is 2.91. The third-order valence-corrected chi connectivity index (χ3v) is 3.48. The zero-order valence-corrected chi connectivity index (χ0v) is 12.8. The lowest BCUT2D eigenvalue weighted by molar-refractivity contribution is 0.00739. The number of carbonyl (C=O) groups excluding carboxylic acids is 1. The van der Waals surface area contributed by atoms with Gasteiger partial charge in [0.2, 0.25) is 0 Å². The van der Waals surface area contributed by atoms with Crippen LogP contribution in [0.25, 0.3) is 0 Å². The van der Waals surface area contributed by atoms with Crippen LogP contribution >= 0.6 is 0 Å². The molecule has 1 aliphatic rings. The van der Waals surface area contributed by atoms with Crippen molar-refractivity contribution in [2.75, 3.05) is 26.7 Å². The van der Waals surface area contributed by atoms with Crippen molar-refractivity contribution < 1.29 is 9.53 Å². The molecular weight excluding hydrogens is 252 g/mol. The van der Waals surface area contributed by atoms with Gasteiger partial charge in [-0.15, -0.1) is 0 Å². The number of amides is 1. The molecule has 1 aromatic rings. The molecule has 0 unspecified atom stereocenters. The molecule has 0 spiro atoms. The predicted molar refractivity (Wildman–Crippen MR) is 79.6 cm³/mol. The summed E-state index contributed by atoms with van der Waals surface area (Å²) in [6.07, 6.45) is -0.216. The zero-order valence-electron chi connectivity index (χ0n) is 12.8. The first-order valence-corrected chi connectivity index (χ1v) is 7.10. The smallest absolute Gasteiger partial charge is 0.410 e. The molecule has 0 bridgehead atoms. The first kappa shape index (κ1) is 14.9. The molecule has 1 fully saturated rings. The van der Waals surface area contributed by atoms with E-state index in [0.29, 0.717) is 6.54 Å². The van der Waals surface area contributed by atoms with E-state index in [4.69, 9.17) is 4.74 Å². The molecule has 0 radical (unpaired) electrons. The number of carbonyl (C=O) groups is 1. The number of hydrogen-bond acceptors (Lipinski definition) is 3. The van der Waals surface area contributed by atoms with Gasteiger partial charge in [-0.25, -0.2) is 4.79 Å². The highest BCUT2D eigenvalue weighted by Crippen LogP contribution is 2.24. The van der Waals surface area contributed by atoms with E-state index < -0.39 is 5.60 Å². The van der Waals surface area contributed by atoms with Crippen LogP contribution in [0.4, 0.5) is 4.79 Å². The summed E-state index contributed by atoms with van der Waals surface area (Å²) in [6, 6.07) is 10.5. The molecular formula is C16H24N2O2. The molecule has 0 saturated carbocycles. The average Bonchev–Trinajstić information content (AvgIpc) is 2.38. The Labute approximate surface area is 121 Å². The molecule has 1 aromatic carbocycles. The van der Waals surface area contributed by atoms with Crippen LogP contribution in [-0.4, -0.2) is 48.2 Å². The Kier molecular flexibility index (Phi) is 4.33. The average molecular weight is 276 g/mol. The van der Waals surface area contributed by atoms with Crippen LogP contribution in [0.1, 0.15) is 32.4 Å². The minimum absolute atomic E-state index is 0.216. The van der Waals surface area contributed by atoms with Crippen LogP contribution in [0.5, 0.6) is 0 Å². The van der Waals surface area contributed by atoms with Crippen LogP contribution in [0.2, 0.25) is 0 Å². The number of rotatable bonds is 1. The second-order valence-corrected chi connectivity index (χ2v) is 6.33. The third kappa shape index (κ3) is 3.73. The monoisotopic (exact) mass is 276 g/mol. The van der Waals surface area contributed by atoms with Crippen molar-refractivity contribution in [3.05, 3.63) is 35.9 Å². The first-order valence-electron chi connectivity index (χ1n) is 7.10. The maximum atomic E-state index is 12.2. The summed E-state index contributed by atoms with van der Waals surface area (Å²) in [5.74, 6) is 0. The first-order chi connectivity index (χ1) is 9.37. The van der Waals surface area contributed by atoms with E-state index in [-0.39, 0.29) is 12.1 Å². The summed E-state index contributed by atoms with van der Waals surface area (Å²) < 4.78 is 5.47. The molecule has 4 heteroatoms.